The first-order valence-electron chi connectivity index (χ1n) is 13.9. The first kappa shape index (κ1) is 28.3. The van der Waals surface area contributed by atoms with Crippen LogP contribution in [0.1, 0.15) is 57.1 Å². The summed E-state index contributed by atoms with van der Waals surface area (Å²) >= 11 is 0. The number of hydrogen-bond acceptors (Lipinski definition) is 3. The van der Waals surface area contributed by atoms with E-state index in [0.29, 0.717) is 58.4 Å². The average molecular weight is 526 g/mol. The number of nitrogens with zero attached hydrogens (tertiary/aromatic N) is 2. The van der Waals surface area contributed by atoms with Gasteiger partial charge in [0.2, 0.25) is 0 Å². The molecule has 0 spiro atoms. The Morgan fingerprint density at radius 1 is 0.921 bits per heavy atom. The molecule has 2 aliphatic rings. The predicted molar refractivity (Wildman–Crippen MR) is 151 cm³/mol. The van der Waals surface area contributed by atoms with Gasteiger partial charge in [-0.3, -0.25) is 0 Å². The van der Waals surface area contributed by atoms with Gasteiger partial charge < -0.3 is 15.5 Å². The van der Waals surface area contributed by atoms with Gasteiger partial charge in [0.05, 0.1) is 0 Å². The highest BCUT2D eigenvalue weighted by Crippen LogP contribution is 2.31. The zero-order chi connectivity index (χ0) is 27.4. The molecular formula is C32H42F3N3. The largest absolute Gasteiger partial charge is 0.402 e. The van der Waals surface area contributed by atoms with E-state index in [4.69, 9.17) is 5.73 Å². The Kier molecular flexibility index (Phi) is 8.92. The highest BCUT2D eigenvalue weighted by molar-refractivity contribution is 5.69. The minimum atomic E-state index is -1.17. The van der Waals surface area contributed by atoms with E-state index in [1.165, 1.54) is 12.1 Å². The van der Waals surface area contributed by atoms with Gasteiger partial charge in [-0.2, -0.15) is 0 Å². The molecule has 6 heteroatoms. The van der Waals surface area contributed by atoms with Crippen molar-refractivity contribution >= 4 is 5.70 Å². The molecular weight excluding hydrogens is 483 g/mol. The molecule has 0 aromatic heterocycles. The van der Waals surface area contributed by atoms with Crippen molar-refractivity contribution in [3.8, 4) is 11.1 Å². The molecule has 0 aliphatic carbocycles. The second-order valence-electron chi connectivity index (χ2n) is 11.8. The molecule has 206 valence electrons. The predicted octanol–water partition coefficient (Wildman–Crippen LogP) is 7.18. The molecule has 0 bridgehead atoms. The Bertz CT molecular complexity index is 1140. The zero-order valence-corrected chi connectivity index (χ0v) is 22.9. The van der Waals surface area contributed by atoms with Crippen LogP contribution in [0, 0.1) is 23.5 Å². The summed E-state index contributed by atoms with van der Waals surface area (Å²) in [5.74, 6) is 0.224. The maximum atomic E-state index is 15.1. The fourth-order valence-electron chi connectivity index (χ4n) is 5.87. The maximum absolute atomic E-state index is 15.1. The zero-order valence-electron chi connectivity index (χ0n) is 22.9. The van der Waals surface area contributed by atoms with Crippen LogP contribution in [-0.4, -0.2) is 48.2 Å². The van der Waals surface area contributed by atoms with Gasteiger partial charge in [0.15, 0.2) is 0 Å². The van der Waals surface area contributed by atoms with Crippen LogP contribution in [-0.2, 0) is 6.42 Å². The van der Waals surface area contributed by atoms with Gasteiger partial charge >= 0.3 is 0 Å². The molecule has 0 amide bonds. The molecule has 2 N–H and O–H groups in total. The second kappa shape index (κ2) is 12.0. The lowest BCUT2D eigenvalue weighted by molar-refractivity contribution is 0.0942. The Morgan fingerprint density at radius 2 is 1.53 bits per heavy atom. The topological polar surface area (TPSA) is 32.5 Å². The number of aryl methyl sites for hydroxylation is 1. The molecule has 3 nitrogen and oxygen atoms in total. The molecule has 0 atom stereocenters. The molecule has 2 aromatic carbocycles. The summed E-state index contributed by atoms with van der Waals surface area (Å²) in [5, 5.41) is 0. The maximum Gasteiger partial charge on any atom is 0.133 e. The number of likely N-dealkylation sites (tertiary alicyclic amines) is 2. The van der Waals surface area contributed by atoms with Crippen molar-refractivity contribution in [1.29, 1.82) is 0 Å². The third-order valence-corrected chi connectivity index (χ3v) is 8.20. The van der Waals surface area contributed by atoms with Crippen LogP contribution in [0.15, 0.2) is 55.3 Å². The highest BCUT2D eigenvalue weighted by Gasteiger charge is 2.26. The smallest absolute Gasteiger partial charge is 0.133 e. The van der Waals surface area contributed by atoms with Gasteiger partial charge in [0.1, 0.15) is 17.3 Å². The van der Waals surface area contributed by atoms with Crippen molar-refractivity contribution in [1.82, 2.24) is 9.80 Å². The molecule has 0 unspecified atom stereocenters. The van der Waals surface area contributed by atoms with Gasteiger partial charge in [-0.1, -0.05) is 31.4 Å². The van der Waals surface area contributed by atoms with Gasteiger partial charge in [-0.05, 0) is 106 Å². The summed E-state index contributed by atoms with van der Waals surface area (Å²) in [6, 6.07) is 10.2. The Balaban J connectivity index is 1.33. The molecule has 2 saturated heterocycles. The van der Waals surface area contributed by atoms with Crippen molar-refractivity contribution in [2.45, 2.75) is 58.0 Å². The van der Waals surface area contributed by atoms with Crippen molar-refractivity contribution < 1.29 is 13.2 Å². The van der Waals surface area contributed by atoms with Crippen molar-refractivity contribution in [2.24, 2.45) is 17.6 Å². The van der Waals surface area contributed by atoms with Crippen LogP contribution in [0.2, 0.25) is 0 Å². The van der Waals surface area contributed by atoms with Crippen molar-refractivity contribution in [3.05, 3.63) is 78.0 Å². The van der Waals surface area contributed by atoms with Crippen LogP contribution >= 0.6 is 0 Å². The van der Waals surface area contributed by atoms with Crippen LogP contribution in [0.5, 0.6) is 0 Å². The number of rotatable bonds is 9. The summed E-state index contributed by atoms with van der Waals surface area (Å²) in [4.78, 5) is 4.28. The molecule has 2 aromatic rings. The molecule has 0 saturated carbocycles. The summed E-state index contributed by atoms with van der Waals surface area (Å²) in [6.45, 7) is 15.0. The first-order chi connectivity index (χ1) is 18.0. The molecule has 0 radical (unpaired) electrons. The third kappa shape index (κ3) is 7.22. The summed E-state index contributed by atoms with van der Waals surface area (Å²) in [5.41, 5.74) is 8.52. The SMILES string of the molecule is C=C(N)C1CCN(C(=C)c2ccc(-c3ccc(CCC4CCN(CC(C)(C)F)CC4)c(F)c3)cc2F)CC1. The Hall–Kier alpha value is -2.73. The standard InChI is InChI=1S/C32H42F3N3/c1-22(36)25-13-17-38(18-14-25)23(2)29-10-9-28(20-31(29)34)27-8-7-26(30(33)19-27)6-5-24-11-15-37(16-12-24)21-32(3,4)35/h7-10,19-20,24-25H,1-2,5-6,11-18,21,36H2,3-4H3. The fraction of sp³-hybridized carbons (Fsp3) is 0.500. The van der Waals surface area contributed by atoms with Crippen LogP contribution in [0.25, 0.3) is 16.8 Å². The van der Waals surface area contributed by atoms with E-state index >= 15 is 4.39 Å². The van der Waals surface area contributed by atoms with Crippen LogP contribution in [0.4, 0.5) is 13.2 Å². The average Bonchev–Trinajstić information content (AvgIpc) is 2.87. The number of allylic oxidation sites excluding steroid dienone is 1. The monoisotopic (exact) mass is 525 g/mol. The fourth-order valence-corrected chi connectivity index (χ4v) is 5.87. The van der Waals surface area contributed by atoms with E-state index < -0.39 is 5.67 Å². The van der Waals surface area contributed by atoms with E-state index in [9.17, 15) is 8.78 Å². The molecule has 2 heterocycles. The number of benzene rings is 2. The van der Waals surface area contributed by atoms with E-state index in [0.717, 1.165) is 58.3 Å². The normalized spacial score (nSPS) is 18.1. The molecule has 38 heavy (non-hydrogen) atoms. The van der Waals surface area contributed by atoms with Crippen molar-refractivity contribution in [3.63, 3.8) is 0 Å². The van der Waals surface area contributed by atoms with E-state index in [1.807, 2.05) is 18.2 Å². The Labute approximate surface area is 226 Å². The van der Waals surface area contributed by atoms with Gasteiger partial charge in [-0.25, -0.2) is 13.2 Å². The number of nitrogens with two attached hydrogens (primary N) is 1. The summed E-state index contributed by atoms with van der Waals surface area (Å²) in [6.07, 6.45) is 5.41. The Morgan fingerprint density at radius 3 is 2.08 bits per heavy atom. The lowest BCUT2D eigenvalue weighted by atomic mass is 9.89. The number of hydrogen-bond donors (Lipinski definition) is 1. The van der Waals surface area contributed by atoms with Gasteiger partial charge in [0.25, 0.3) is 0 Å². The lowest BCUT2D eigenvalue weighted by Gasteiger charge is -2.35. The summed E-state index contributed by atoms with van der Waals surface area (Å²) < 4.78 is 44.0. The van der Waals surface area contributed by atoms with Gasteiger partial charge in [-0.15, -0.1) is 0 Å². The minimum Gasteiger partial charge on any atom is -0.402 e. The first-order valence-corrected chi connectivity index (χ1v) is 13.9. The number of piperidine rings is 2. The van der Waals surface area contributed by atoms with Crippen LogP contribution < -0.4 is 5.73 Å². The number of alkyl halides is 1. The van der Waals surface area contributed by atoms with Crippen molar-refractivity contribution in [2.75, 3.05) is 32.7 Å². The number of halogens is 3. The van der Waals surface area contributed by atoms with Crippen LogP contribution in [0.3, 0.4) is 0 Å². The van der Waals surface area contributed by atoms with Gasteiger partial charge in [0, 0.05) is 42.5 Å². The second-order valence-corrected chi connectivity index (χ2v) is 11.8. The summed E-state index contributed by atoms with van der Waals surface area (Å²) in [7, 11) is 0. The van der Waals surface area contributed by atoms with E-state index in [2.05, 4.69) is 23.0 Å². The molecule has 4 rings (SSSR count). The molecule has 2 aliphatic heterocycles. The molecule has 2 fully saturated rings. The highest BCUT2D eigenvalue weighted by atomic mass is 19.1. The van der Waals surface area contributed by atoms with E-state index in [-0.39, 0.29) is 11.6 Å². The third-order valence-electron chi connectivity index (χ3n) is 8.20. The quantitative estimate of drug-likeness (QED) is 0.376. The lowest BCUT2D eigenvalue weighted by Crippen LogP contribution is -2.41. The van der Waals surface area contributed by atoms with E-state index in [1.54, 1.807) is 19.9 Å². The minimum absolute atomic E-state index is 0.252.